The molecular weight excluding hydrogens is 308 g/mol. The largest absolute Gasteiger partial charge is 0.482 e. The lowest BCUT2D eigenvalue weighted by Gasteiger charge is -2.20. The molecule has 0 spiro atoms. The average molecular weight is 330 g/mol. The first-order valence-electron chi connectivity index (χ1n) is 8.27. The molecule has 128 valence electrons. The third kappa shape index (κ3) is 3.91. The van der Waals surface area contributed by atoms with Crippen LogP contribution in [0.1, 0.15) is 50.0 Å². The van der Waals surface area contributed by atoms with E-state index in [0.717, 1.165) is 30.7 Å². The fraction of sp³-hybridized carbons (Fsp3) is 0.471. The number of aryl methyl sites for hydroxylation is 1. The molecule has 1 aromatic heterocycles. The molecule has 3 rings (SSSR count). The number of hydrogen-bond donors (Lipinski definition) is 2. The molecule has 0 saturated carbocycles. The highest BCUT2D eigenvalue weighted by Gasteiger charge is 2.17. The minimum Gasteiger partial charge on any atom is -0.482 e. The van der Waals surface area contributed by atoms with E-state index < -0.39 is 0 Å². The Kier molecular flexibility index (Phi) is 5.10. The van der Waals surface area contributed by atoms with Crippen LogP contribution in [0.5, 0.6) is 5.75 Å². The quantitative estimate of drug-likeness (QED) is 0.811. The van der Waals surface area contributed by atoms with E-state index in [2.05, 4.69) is 27.7 Å². The molecule has 2 N–H and O–H groups in total. The standard InChI is InChI=1S/C17H22N4O3/c1-3-4-5-15-20-17(24-21-15)9-18-11(2)12-6-7-14-13(8-12)19-16(22)10-23-14/h6-8,11,18H,3-5,9-10H2,1-2H3,(H,19,22). The molecule has 0 bridgehead atoms. The van der Waals surface area contributed by atoms with Crippen LogP contribution in [-0.2, 0) is 17.8 Å². The van der Waals surface area contributed by atoms with Gasteiger partial charge in [0.15, 0.2) is 12.4 Å². The van der Waals surface area contributed by atoms with Gasteiger partial charge < -0.3 is 19.9 Å². The van der Waals surface area contributed by atoms with Crippen LogP contribution >= 0.6 is 0 Å². The molecule has 0 aliphatic carbocycles. The van der Waals surface area contributed by atoms with E-state index in [4.69, 9.17) is 9.26 Å². The van der Waals surface area contributed by atoms with Gasteiger partial charge in [0.25, 0.3) is 5.91 Å². The normalized spacial score (nSPS) is 14.7. The minimum atomic E-state index is -0.134. The van der Waals surface area contributed by atoms with Gasteiger partial charge in [-0.15, -0.1) is 0 Å². The Morgan fingerprint density at radius 3 is 3.12 bits per heavy atom. The highest BCUT2D eigenvalue weighted by atomic mass is 16.5. The molecule has 1 aromatic carbocycles. The molecule has 0 radical (unpaired) electrons. The van der Waals surface area contributed by atoms with Gasteiger partial charge in [0.05, 0.1) is 12.2 Å². The Balaban J connectivity index is 1.59. The van der Waals surface area contributed by atoms with Crippen molar-refractivity contribution in [2.45, 2.75) is 45.7 Å². The summed E-state index contributed by atoms with van der Waals surface area (Å²) in [5.74, 6) is 1.91. The van der Waals surface area contributed by atoms with Crippen LogP contribution in [0.25, 0.3) is 0 Å². The summed E-state index contributed by atoms with van der Waals surface area (Å²) in [5, 5.41) is 10.2. The van der Waals surface area contributed by atoms with Crippen LogP contribution in [0, 0.1) is 0 Å². The predicted molar refractivity (Wildman–Crippen MR) is 88.7 cm³/mol. The van der Waals surface area contributed by atoms with Gasteiger partial charge in [-0.2, -0.15) is 4.98 Å². The Morgan fingerprint density at radius 1 is 1.42 bits per heavy atom. The van der Waals surface area contributed by atoms with Gasteiger partial charge in [0.2, 0.25) is 5.89 Å². The lowest BCUT2D eigenvalue weighted by Crippen LogP contribution is -2.26. The van der Waals surface area contributed by atoms with Crippen LogP contribution in [0.2, 0.25) is 0 Å². The average Bonchev–Trinajstić information content (AvgIpc) is 3.05. The van der Waals surface area contributed by atoms with Gasteiger partial charge in [-0.3, -0.25) is 4.79 Å². The van der Waals surface area contributed by atoms with Crippen molar-refractivity contribution in [2.24, 2.45) is 0 Å². The monoisotopic (exact) mass is 330 g/mol. The zero-order valence-corrected chi connectivity index (χ0v) is 14.0. The van der Waals surface area contributed by atoms with Crippen molar-refractivity contribution < 1.29 is 14.1 Å². The molecule has 1 aliphatic heterocycles. The third-order valence-corrected chi connectivity index (χ3v) is 3.96. The summed E-state index contributed by atoms with van der Waals surface area (Å²) in [5.41, 5.74) is 1.75. The second-order valence-corrected chi connectivity index (χ2v) is 5.90. The highest BCUT2D eigenvalue weighted by Crippen LogP contribution is 2.30. The maximum Gasteiger partial charge on any atom is 0.262 e. The molecule has 1 aliphatic rings. The van der Waals surface area contributed by atoms with E-state index in [9.17, 15) is 4.79 Å². The van der Waals surface area contributed by atoms with Crippen LogP contribution < -0.4 is 15.4 Å². The number of anilines is 1. The second kappa shape index (κ2) is 7.44. The minimum absolute atomic E-state index is 0.0671. The van der Waals surface area contributed by atoms with E-state index in [1.807, 2.05) is 25.1 Å². The van der Waals surface area contributed by atoms with Gasteiger partial charge in [-0.05, 0) is 31.0 Å². The molecule has 1 atom stereocenters. The van der Waals surface area contributed by atoms with E-state index in [-0.39, 0.29) is 18.6 Å². The van der Waals surface area contributed by atoms with E-state index >= 15 is 0 Å². The van der Waals surface area contributed by atoms with Crippen LogP contribution in [0.15, 0.2) is 22.7 Å². The maximum atomic E-state index is 11.4. The molecule has 0 fully saturated rings. The molecule has 24 heavy (non-hydrogen) atoms. The van der Waals surface area contributed by atoms with Crippen molar-refractivity contribution in [1.82, 2.24) is 15.5 Å². The van der Waals surface area contributed by atoms with Crippen molar-refractivity contribution >= 4 is 11.6 Å². The van der Waals surface area contributed by atoms with Crippen molar-refractivity contribution in [1.29, 1.82) is 0 Å². The summed E-state index contributed by atoms with van der Waals surface area (Å²) in [7, 11) is 0. The molecule has 2 heterocycles. The number of rotatable bonds is 7. The number of carbonyl (C=O) groups excluding carboxylic acids is 1. The summed E-state index contributed by atoms with van der Waals surface area (Å²) in [4.78, 5) is 15.8. The van der Waals surface area contributed by atoms with Crippen molar-refractivity contribution in [3.05, 3.63) is 35.5 Å². The summed E-state index contributed by atoms with van der Waals surface area (Å²) < 4.78 is 10.6. The number of unbranched alkanes of at least 4 members (excludes halogenated alkanes) is 1. The molecule has 1 amide bonds. The third-order valence-electron chi connectivity index (χ3n) is 3.96. The van der Waals surface area contributed by atoms with Gasteiger partial charge in [-0.1, -0.05) is 24.6 Å². The first kappa shape index (κ1) is 16.4. The Labute approximate surface area is 140 Å². The van der Waals surface area contributed by atoms with Crippen molar-refractivity contribution in [2.75, 3.05) is 11.9 Å². The number of ether oxygens (including phenoxy) is 1. The summed E-state index contributed by atoms with van der Waals surface area (Å²) in [6.07, 6.45) is 3.02. The number of amides is 1. The lowest BCUT2D eigenvalue weighted by atomic mass is 10.1. The molecule has 0 saturated heterocycles. The molecule has 2 aromatic rings. The fourth-order valence-corrected chi connectivity index (χ4v) is 2.53. The van der Waals surface area contributed by atoms with Gasteiger partial charge >= 0.3 is 0 Å². The zero-order chi connectivity index (χ0) is 16.9. The van der Waals surface area contributed by atoms with Crippen LogP contribution in [0.3, 0.4) is 0 Å². The van der Waals surface area contributed by atoms with E-state index in [0.29, 0.717) is 23.9 Å². The fourth-order valence-electron chi connectivity index (χ4n) is 2.53. The Hall–Kier alpha value is -2.41. The predicted octanol–water partition coefficient (Wildman–Crippen LogP) is 2.59. The number of carbonyl (C=O) groups is 1. The number of benzene rings is 1. The van der Waals surface area contributed by atoms with Crippen LogP contribution in [-0.4, -0.2) is 22.7 Å². The van der Waals surface area contributed by atoms with Crippen LogP contribution in [0.4, 0.5) is 5.69 Å². The molecule has 7 nitrogen and oxygen atoms in total. The van der Waals surface area contributed by atoms with Gasteiger partial charge in [0.1, 0.15) is 5.75 Å². The smallest absolute Gasteiger partial charge is 0.262 e. The number of nitrogens with zero attached hydrogens (tertiary/aromatic N) is 2. The molecule has 7 heteroatoms. The SMILES string of the molecule is CCCCc1noc(CNC(C)c2ccc3c(c2)NC(=O)CO3)n1. The highest BCUT2D eigenvalue weighted by molar-refractivity contribution is 5.95. The molecule has 1 unspecified atom stereocenters. The van der Waals surface area contributed by atoms with Crippen molar-refractivity contribution in [3.8, 4) is 5.75 Å². The maximum absolute atomic E-state index is 11.4. The van der Waals surface area contributed by atoms with Gasteiger partial charge in [-0.25, -0.2) is 0 Å². The topological polar surface area (TPSA) is 89.3 Å². The summed E-state index contributed by atoms with van der Waals surface area (Å²) >= 11 is 0. The second-order valence-electron chi connectivity index (χ2n) is 5.90. The molecular formula is C17H22N4O3. The van der Waals surface area contributed by atoms with Crippen molar-refractivity contribution in [3.63, 3.8) is 0 Å². The van der Waals surface area contributed by atoms with E-state index in [1.54, 1.807) is 0 Å². The first-order chi connectivity index (χ1) is 11.7. The Bertz CT molecular complexity index is 714. The summed E-state index contributed by atoms with van der Waals surface area (Å²) in [6.45, 7) is 4.75. The zero-order valence-electron chi connectivity index (χ0n) is 14.0. The summed E-state index contributed by atoms with van der Waals surface area (Å²) in [6, 6.07) is 5.84. The number of hydrogen-bond acceptors (Lipinski definition) is 6. The van der Waals surface area contributed by atoms with Gasteiger partial charge in [0, 0.05) is 12.5 Å². The Morgan fingerprint density at radius 2 is 2.29 bits per heavy atom. The number of aromatic nitrogens is 2. The lowest BCUT2D eigenvalue weighted by molar-refractivity contribution is -0.118. The number of nitrogens with one attached hydrogen (secondary N) is 2. The van der Waals surface area contributed by atoms with E-state index in [1.165, 1.54) is 0 Å². The first-order valence-corrected chi connectivity index (χ1v) is 8.27. The number of fused-ring (bicyclic) bond motifs is 1.